The highest BCUT2D eigenvalue weighted by Crippen LogP contribution is 2.49. The summed E-state index contributed by atoms with van der Waals surface area (Å²) < 4.78 is 5.55. The van der Waals surface area contributed by atoms with Gasteiger partial charge in [0.2, 0.25) is 11.7 Å². The Balaban J connectivity index is 1.89. The van der Waals surface area contributed by atoms with Gasteiger partial charge in [0.1, 0.15) is 0 Å². The van der Waals surface area contributed by atoms with Gasteiger partial charge in [-0.05, 0) is 35.6 Å². The molecule has 2 aromatic heterocycles. The fourth-order valence-electron chi connectivity index (χ4n) is 3.17. The minimum Gasteiger partial charge on any atom is -0.339 e. The highest BCUT2D eigenvalue weighted by molar-refractivity contribution is 7.13. The molecule has 0 amide bonds. The van der Waals surface area contributed by atoms with Crippen LogP contribution in [0.4, 0.5) is 0 Å². The van der Waals surface area contributed by atoms with Crippen LogP contribution in [0.3, 0.4) is 0 Å². The van der Waals surface area contributed by atoms with E-state index in [2.05, 4.69) is 30.9 Å². The van der Waals surface area contributed by atoms with Gasteiger partial charge >= 0.3 is 0 Å². The summed E-state index contributed by atoms with van der Waals surface area (Å²) in [5.41, 5.74) is 6.29. The van der Waals surface area contributed by atoms with Gasteiger partial charge in [-0.3, -0.25) is 0 Å². The van der Waals surface area contributed by atoms with E-state index in [-0.39, 0.29) is 11.5 Å². The quantitative estimate of drug-likeness (QED) is 0.917. The maximum atomic E-state index is 6.21. The summed E-state index contributed by atoms with van der Waals surface area (Å²) in [7, 11) is 0. The van der Waals surface area contributed by atoms with Crippen molar-refractivity contribution in [1.82, 2.24) is 10.1 Å². The smallest absolute Gasteiger partial charge is 0.230 e. The second-order valence-electron chi connectivity index (χ2n) is 6.34. The third-order valence-corrected chi connectivity index (χ3v) is 5.85. The van der Waals surface area contributed by atoms with Crippen LogP contribution in [-0.4, -0.2) is 16.2 Å². The molecule has 0 aliphatic heterocycles. The van der Waals surface area contributed by atoms with Crippen LogP contribution in [-0.2, 0) is 0 Å². The molecular formula is C15H21N3OS. The van der Waals surface area contributed by atoms with Crippen LogP contribution in [0.1, 0.15) is 45.4 Å². The molecule has 4 nitrogen and oxygen atoms in total. The van der Waals surface area contributed by atoms with Gasteiger partial charge in [0.15, 0.2) is 0 Å². The fourth-order valence-corrected chi connectivity index (χ4v) is 3.82. The normalized spacial score (nSPS) is 29.5. The molecule has 2 heterocycles. The zero-order valence-corrected chi connectivity index (χ0v) is 13.0. The summed E-state index contributed by atoms with van der Waals surface area (Å²) in [4.78, 5) is 5.68. The lowest BCUT2D eigenvalue weighted by atomic mass is 9.61. The third kappa shape index (κ3) is 2.19. The molecule has 2 N–H and O–H groups in total. The summed E-state index contributed by atoms with van der Waals surface area (Å²) in [5.74, 6) is 2.20. The van der Waals surface area contributed by atoms with E-state index < -0.39 is 0 Å². The number of aromatic nitrogens is 2. The standard InChI is InChI=1S/C15H21N3OS/c1-9-11(16)7-6-10(15(9,2)3)14-17-13(18-19-14)12-5-4-8-20-12/h4-5,8-11H,6-7,16H2,1-3H3. The fraction of sp³-hybridized carbons (Fsp3) is 0.600. The number of rotatable bonds is 2. The molecular weight excluding hydrogens is 270 g/mol. The Kier molecular flexibility index (Phi) is 3.42. The molecule has 3 atom stereocenters. The van der Waals surface area contributed by atoms with E-state index in [0.29, 0.717) is 17.7 Å². The van der Waals surface area contributed by atoms with Crippen molar-refractivity contribution in [3.05, 3.63) is 23.4 Å². The van der Waals surface area contributed by atoms with Crippen LogP contribution in [0.15, 0.2) is 22.0 Å². The maximum Gasteiger partial charge on any atom is 0.230 e. The predicted octanol–water partition coefficient (Wildman–Crippen LogP) is 3.67. The molecule has 1 fully saturated rings. The van der Waals surface area contributed by atoms with E-state index in [1.165, 1.54) is 0 Å². The molecule has 20 heavy (non-hydrogen) atoms. The topological polar surface area (TPSA) is 64.9 Å². The highest BCUT2D eigenvalue weighted by Gasteiger charge is 2.44. The first-order valence-corrected chi connectivity index (χ1v) is 8.01. The Bertz CT molecular complexity index is 576. The van der Waals surface area contributed by atoms with Crippen LogP contribution in [0.25, 0.3) is 10.7 Å². The summed E-state index contributed by atoms with van der Waals surface area (Å²) in [5, 5.41) is 6.16. The minimum atomic E-state index is 0.0803. The number of thiophene rings is 1. The van der Waals surface area contributed by atoms with Crippen molar-refractivity contribution < 1.29 is 4.52 Å². The van der Waals surface area contributed by atoms with E-state index in [1.807, 2.05) is 17.5 Å². The largest absolute Gasteiger partial charge is 0.339 e. The Morgan fingerprint density at radius 3 is 2.90 bits per heavy atom. The molecule has 3 unspecified atom stereocenters. The van der Waals surface area contributed by atoms with Crippen LogP contribution >= 0.6 is 11.3 Å². The third-order valence-electron chi connectivity index (χ3n) is 4.98. The van der Waals surface area contributed by atoms with Crippen LogP contribution in [0.5, 0.6) is 0 Å². The molecule has 0 spiro atoms. The lowest BCUT2D eigenvalue weighted by Crippen LogP contribution is -2.45. The van der Waals surface area contributed by atoms with Crippen molar-refractivity contribution in [2.75, 3.05) is 0 Å². The van der Waals surface area contributed by atoms with Gasteiger partial charge < -0.3 is 10.3 Å². The second kappa shape index (κ2) is 4.97. The van der Waals surface area contributed by atoms with Crippen LogP contribution < -0.4 is 5.73 Å². The number of hydrogen-bond donors (Lipinski definition) is 1. The first-order valence-electron chi connectivity index (χ1n) is 7.13. The molecule has 0 saturated heterocycles. The summed E-state index contributed by atoms with van der Waals surface area (Å²) in [6.07, 6.45) is 2.04. The molecule has 3 rings (SSSR count). The molecule has 0 radical (unpaired) electrons. The first kappa shape index (κ1) is 13.8. The van der Waals surface area contributed by atoms with Crippen molar-refractivity contribution >= 4 is 11.3 Å². The number of nitrogens with two attached hydrogens (primary N) is 1. The summed E-state index contributed by atoms with van der Waals surface area (Å²) >= 11 is 1.63. The average Bonchev–Trinajstić information content (AvgIpc) is 3.06. The Hall–Kier alpha value is -1.20. The number of nitrogens with zero attached hydrogens (tertiary/aromatic N) is 2. The zero-order valence-electron chi connectivity index (χ0n) is 12.2. The predicted molar refractivity (Wildman–Crippen MR) is 80.5 cm³/mol. The van der Waals surface area contributed by atoms with Gasteiger partial charge in [-0.25, -0.2) is 0 Å². The van der Waals surface area contributed by atoms with E-state index in [1.54, 1.807) is 11.3 Å². The van der Waals surface area contributed by atoms with Gasteiger partial charge in [0.25, 0.3) is 0 Å². The van der Waals surface area contributed by atoms with E-state index in [0.717, 1.165) is 23.6 Å². The van der Waals surface area contributed by atoms with Gasteiger partial charge in [-0.15, -0.1) is 11.3 Å². The van der Waals surface area contributed by atoms with E-state index in [9.17, 15) is 0 Å². The van der Waals surface area contributed by atoms with Gasteiger partial charge in [0, 0.05) is 12.0 Å². The summed E-state index contributed by atoms with van der Waals surface area (Å²) in [6.45, 7) is 6.75. The van der Waals surface area contributed by atoms with Crippen molar-refractivity contribution in [1.29, 1.82) is 0 Å². The molecule has 1 aliphatic carbocycles. The zero-order chi connectivity index (χ0) is 14.3. The van der Waals surface area contributed by atoms with E-state index in [4.69, 9.17) is 10.3 Å². The summed E-state index contributed by atoms with van der Waals surface area (Å²) in [6, 6.07) is 4.28. The van der Waals surface area contributed by atoms with Crippen molar-refractivity contribution in [3.8, 4) is 10.7 Å². The lowest BCUT2D eigenvalue weighted by molar-refractivity contribution is 0.0806. The Morgan fingerprint density at radius 2 is 2.20 bits per heavy atom. The molecule has 0 bridgehead atoms. The Morgan fingerprint density at radius 1 is 1.40 bits per heavy atom. The van der Waals surface area contributed by atoms with Crippen molar-refractivity contribution in [3.63, 3.8) is 0 Å². The molecule has 2 aromatic rings. The molecule has 0 aromatic carbocycles. The highest BCUT2D eigenvalue weighted by atomic mass is 32.1. The second-order valence-corrected chi connectivity index (χ2v) is 7.29. The van der Waals surface area contributed by atoms with E-state index >= 15 is 0 Å². The van der Waals surface area contributed by atoms with Crippen LogP contribution in [0, 0.1) is 11.3 Å². The lowest BCUT2D eigenvalue weighted by Gasteiger charge is -2.45. The van der Waals surface area contributed by atoms with Gasteiger partial charge in [-0.1, -0.05) is 32.0 Å². The molecule has 1 saturated carbocycles. The molecule has 108 valence electrons. The SMILES string of the molecule is CC1C(N)CCC(c2nc(-c3cccs3)no2)C1(C)C. The Labute approximate surface area is 123 Å². The maximum absolute atomic E-state index is 6.21. The van der Waals surface area contributed by atoms with Crippen molar-refractivity contribution in [2.45, 2.75) is 45.6 Å². The number of hydrogen-bond acceptors (Lipinski definition) is 5. The first-order chi connectivity index (χ1) is 9.50. The molecule has 5 heteroatoms. The minimum absolute atomic E-state index is 0.0803. The average molecular weight is 291 g/mol. The molecule has 1 aliphatic rings. The van der Waals surface area contributed by atoms with Gasteiger partial charge in [-0.2, -0.15) is 4.98 Å². The van der Waals surface area contributed by atoms with Crippen molar-refractivity contribution in [2.24, 2.45) is 17.1 Å². The monoisotopic (exact) mass is 291 g/mol. The van der Waals surface area contributed by atoms with Gasteiger partial charge in [0.05, 0.1) is 4.88 Å². The van der Waals surface area contributed by atoms with Crippen LogP contribution in [0.2, 0.25) is 0 Å².